The minimum atomic E-state index is -0.325. The molecule has 24 heavy (non-hydrogen) atoms. The molecule has 0 bridgehead atoms. The fourth-order valence-electron chi connectivity index (χ4n) is 3.01. The highest BCUT2D eigenvalue weighted by atomic mass is 16.6. The van der Waals surface area contributed by atoms with Crippen LogP contribution in [0.3, 0.4) is 0 Å². The first-order chi connectivity index (χ1) is 11.6. The molecule has 0 unspecified atom stereocenters. The maximum absolute atomic E-state index is 12.7. The largest absolute Gasteiger partial charge is 0.450 e. The Kier molecular flexibility index (Phi) is 4.69. The van der Waals surface area contributed by atoms with Crippen molar-refractivity contribution in [2.45, 2.75) is 19.8 Å². The number of piperazine rings is 1. The van der Waals surface area contributed by atoms with Gasteiger partial charge in [-0.3, -0.25) is 9.59 Å². The average Bonchev–Trinajstić information content (AvgIpc) is 2.61. The molecule has 1 fully saturated rings. The van der Waals surface area contributed by atoms with Crippen LogP contribution < -0.4 is 5.32 Å². The van der Waals surface area contributed by atoms with E-state index in [2.05, 4.69) is 5.32 Å². The van der Waals surface area contributed by atoms with Gasteiger partial charge in [0.05, 0.1) is 6.61 Å². The molecule has 7 heteroatoms. The number of ether oxygens (including phenoxy) is 1. The number of rotatable bonds is 2. The van der Waals surface area contributed by atoms with Crippen molar-refractivity contribution in [2.75, 3.05) is 38.1 Å². The molecule has 1 aromatic rings. The summed E-state index contributed by atoms with van der Waals surface area (Å²) in [6, 6.07) is 5.38. The molecule has 2 aliphatic heterocycles. The van der Waals surface area contributed by atoms with E-state index in [0.29, 0.717) is 51.2 Å². The van der Waals surface area contributed by atoms with Crippen LogP contribution in [0.2, 0.25) is 0 Å². The predicted octanol–water partition coefficient (Wildman–Crippen LogP) is 1.49. The summed E-state index contributed by atoms with van der Waals surface area (Å²) in [5.41, 5.74) is 2.40. The van der Waals surface area contributed by atoms with E-state index in [1.165, 1.54) is 0 Å². The summed E-state index contributed by atoms with van der Waals surface area (Å²) in [6.07, 6.45) is 0.774. The Morgan fingerprint density at radius 1 is 1.12 bits per heavy atom. The van der Waals surface area contributed by atoms with Gasteiger partial charge in [-0.15, -0.1) is 0 Å². The van der Waals surface area contributed by atoms with E-state index in [4.69, 9.17) is 4.74 Å². The number of nitrogens with one attached hydrogen (secondary N) is 1. The summed E-state index contributed by atoms with van der Waals surface area (Å²) >= 11 is 0. The van der Waals surface area contributed by atoms with Crippen molar-refractivity contribution in [3.8, 4) is 0 Å². The number of nitrogens with zero attached hydrogens (tertiary/aromatic N) is 2. The van der Waals surface area contributed by atoms with E-state index in [1.54, 1.807) is 28.9 Å². The van der Waals surface area contributed by atoms with Crippen LogP contribution in [0.5, 0.6) is 0 Å². The Balaban J connectivity index is 1.63. The van der Waals surface area contributed by atoms with Crippen molar-refractivity contribution in [3.05, 3.63) is 29.3 Å². The predicted molar refractivity (Wildman–Crippen MR) is 87.9 cm³/mol. The quantitative estimate of drug-likeness (QED) is 0.890. The molecule has 0 radical (unpaired) electrons. The first-order valence-electron chi connectivity index (χ1n) is 8.22. The lowest BCUT2D eigenvalue weighted by atomic mass is 10.00. The molecule has 2 aliphatic rings. The smallest absolute Gasteiger partial charge is 0.409 e. The van der Waals surface area contributed by atoms with Crippen LogP contribution in [0.25, 0.3) is 0 Å². The van der Waals surface area contributed by atoms with E-state index in [1.807, 2.05) is 6.07 Å². The van der Waals surface area contributed by atoms with Gasteiger partial charge in [0.25, 0.3) is 5.91 Å². The molecule has 1 saturated heterocycles. The Hall–Kier alpha value is -2.57. The van der Waals surface area contributed by atoms with Crippen molar-refractivity contribution in [3.63, 3.8) is 0 Å². The molecule has 1 aromatic carbocycles. The molecule has 3 amide bonds. The molecule has 1 N–H and O–H groups in total. The second kappa shape index (κ2) is 6.90. The van der Waals surface area contributed by atoms with Gasteiger partial charge in [0.1, 0.15) is 0 Å². The van der Waals surface area contributed by atoms with Crippen LogP contribution in [0.4, 0.5) is 10.5 Å². The highest BCUT2D eigenvalue weighted by molar-refractivity contribution is 5.98. The minimum Gasteiger partial charge on any atom is -0.450 e. The van der Waals surface area contributed by atoms with Crippen LogP contribution in [0, 0.1) is 0 Å². The highest BCUT2D eigenvalue weighted by Crippen LogP contribution is 2.24. The van der Waals surface area contributed by atoms with Gasteiger partial charge in [0.15, 0.2) is 0 Å². The van der Waals surface area contributed by atoms with Crippen LogP contribution in [-0.2, 0) is 16.0 Å². The number of amides is 3. The molecular weight excluding hydrogens is 310 g/mol. The van der Waals surface area contributed by atoms with Gasteiger partial charge < -0.3 is 19.9 Å². The molecule has 0 aromatic heterocycles. The lowest BCUT2D eigenvalue weighted by molar-refractivity contribution is -0.116. The third-order valence-electron chi connectivity index (χ3n) is 4.34. The number of benzene rings is 1. The lowest BCUT2D eigenvalue weighted by Gasteiger charge is -2.34. The standard InChI is InChI=1S/C17H21N3O4/c1-2-24-17(23)20-9-7-19(8-10-20)16(22)13-3-5-14-12(11-13)4-6-15(21)18-14/h3,5,11H,2,4,6-10H2,1H3,(H,18,21). The Morgan fingerprint density at radius 2 is 1.83 bits per heavy atom. The van der Waals surface area contributed by atoms with Gasteiger partial charge in [-0.05, 0) is 37.1 Å². The van der Waals surface area contributed by atoms with E-state index in [-0.39, 0.29) is 17.9 Å². The third kappa shape index (κ3) is 3.34. The Bertz CT molecular complexity index is 666. The van der Waals surface area contributed by atoms with Crippen LogP contribution in [0.1, 0.15) is 29.3 Å². The lowest BCUT2D eigenvalue weighted by Crippen LogP contribution is -2.50. The van der Waals surface area contributed by atoms with Gasteiger partial charge in [0.2, 0.25) is 5.91 Å². The summed E-state index contributed by atoms with van der Waals surface area (Å²) < 4.78 is 4.98. The second-order valence-corrected chi connectivity index (χ2v) is 5.90. The molecule has 0 atom stereocenters. The SMILES string of the molecule is CCOC(=O)N1CCN(C(=O)c2ccc3c(c2)CCC(=O)N3)CC1. The third-order valence-corrected chi connectivity index (χ3v) is 4.34. The number of carbonyl (C=O) groups is 3. The van der Waals surface area contributed by atoms with E-state index >= 15 is 0 Å². The molecule has 128 valence electrons. The van der Waals surface area contributed by atoms with Gasteiger partial charge in [-0.2, -0.15) is 0 Å². The first-order valence-corrected chi connectivity index (χ1v) is 8.22. The monoisotopic (exact) mass is 331 g/mol. The van der Waals surface area contributed by atoms with Gasteiger partial charge in [0, 0.05) is 43.9 Å². The molecule has 0 aliphatic carbocycles. The van der Waals surface area contributed by atoms with Gasteiger partial charge in [-0.1, -0.05) is 0 Å². The van der Waals surface area contributed by atoms with Crippen molar-refractivity contribution in [1.82, 2.24) is 9.80 Å². The fourth-order valence-corrected chi connectivity index (χ4v) is 3.01. The topological polar surface area (TPSA) is 79.0 Å². The number of carbonyl (C=O) groups excluding carboxylic acids is 3. The molecule has 7 nitrogen and oxygen atoms in total. The van der Waals surface area contributed by atoms with E-state index in [0.717, 1.165) is 11.3 Å². The van der Waals surface area contributed by atoms with Crippen molar-refractivity contribution >= 4 is 23.6 Å². The van der Waals surface area contributed by atoms with Gasteiger partial charge >= 0.3 is 6.09 Å². The number of hydrogen-bond acceptors (Lipinski definition) is 4. The second-order valence-electron chi connectivity index (χ2n) is 5.90. The summed E-state index contributed by atoms with van der Waals surface area (Å²) in [5.74, 6) is -0.0325. The first kappa shape index (κ1) is 16.3. The maximum Gasteiger partial charge on any atom is 0.409 e. The molecule has 3 rings (SSSR count). The van der Waals surface area contributed by atoms with Crippen LogP contribution in [-0.4, -0.2) is 60.5 Å². The van der Waals surface area contributed by atoms with E-state index < -0.39 is 0 Å². The zero-order valence-corrected chi connectivity index (χ0v) is 13.7. The number of fused-ring (bicyclic) bond motifs is 1. The normalized spacial score (nSPS) is 17.1. The zero-order valence-electron chi connectivity index (χ0n) is 13.7. The maximum atomic E-state index is 12.7. The summed E-state index contributed by atoms with van der Waals surface area (Å²) in [5, 5.41) is 2.81. The Labute approximate surface area is 140 Å². The van der Waals surface area contributed by atoms with Crippen LogP contribution in [0.15, 0.2) is 18.2 Å². The van der Waals surface area contributed by atoms with Crippen molar-refractivity contribution < 1.29 is 19.1 Å². The van der Waals surface area contributed by atoms with Crippen LogP contribution >= 0.6 is 0 Å². The summed E-state index contributed by atoms with van der Waals surface area (Å²) in [4.78, 5) is 39.1. The molecule has 0 saturated carbocycles. The van der Waals surface area contributed by atoms with Crippen molar-refractivity contribution in [2.24, 2.45) is 0 Å². The summed E-state index contributed by atoms with van der Waals surface area (Å²) in [7, 11) is 0. The average molecular weight is 331 g/mol. The highest BCUT2D eigenvalue weighted by Gasteiger charge is 2.26. The molecule has 0 spiro atoms. The Morgan fingerprint density at radius 3 is 2.54 bits per heavy atom. The number of hydrogen-bond donors (Lipinski definition) is 1. The molecule has 2 heterocycles. The summed E-state index contributed by atoms with van der Waals surface area (Å²) in [6.45, 7) is 4.06. The number of aryl methyl sites for hydroxylation is 1. The minimum absolute atomic E-state index is 0.0108. The van der Waals surface area contributed by atoms with Gasteiger partial charge in [-0.25, -0.2) is 4.79 Å². The van der Waals surface area contributed by atoms with Crippen molar-refractivity contribution in [1.29, 1.82) is 0 Å². The van der Waals surface area contributed by atoms with E-state index in [9.17, 15) is 14.4 Å². The fraction of sp³-hybridized carbons (Fsp3) is 0.471. The zero-order chi connectivity index (χ0) is 17.1. The number of anilines is 1. The molecular formula is C17H21N3O4.